The summed E-state index contributed by atoms with van der Waals surface area (Å²) in [5.74, 6) is 0.179. The SMILES string of the molecule is OC1CCC(=Nc2ccc3ncc(-c4cccc(OC(F)(F)F)c4)n3n2)CC1. The van der Waals surface area contributed by atoms with Crippen molar-refractivity contribution in [2.75, 3.05) is 0 Å². The number of hydrogen-bond donors (Lipinski definition) is 1. The van der Waals surface area contributed by atoms with Crippen LogP contribution in [0.3, 0.4) is 0 Å². The van der Waals surface area contributed by atoms with Crippen LogP contribution in [0.4, 0.5) is 19.0 Å². The Hall–Kier alpha value is -2.94. The van der Waals surface area contributed by atoms with E-state index < -0.39 is 6.36 Å². The van der Waals surface area contributed by atoms with Crippen LogP contribution < -0.4 is 4.74 Å². The summed E-state index contributed by atoms with van der Waals surface area (Å²) in [6, 6.07) is 9.17. The molecule has 1 N–H and O–H groups in total. The van der Waals surface area contributed by atoms with Gasteiger partial charge in [-0.15, -0.1) is 18.3 Å². The lowest BCUT2D eigenvalue weighted by Gasteiger charge is -2.17. The average molecular weight is 390 g/mol. The van der Waals surface area contributed by atoms with Crippen LogP contribution in [0, 0.1) is 0 Å². The zero-order valence-electron chi connectivity index (χ0n) is 14.7. The maximum absolute atomic E-state index is 12.5. The minimum absolute atomic E-state index is 0.277. The Balaban J connectivity index is 1.67. The van der Waals surface area contributed by atoms with Gasteiger partial charge in [0.15, 0.2) is 11.5 Å². The number of aromatic nitrogens is 3. The fourth-order valence-corrected chi connectivity index (χ4v) is 3.18. The van der Waals surface area contributed by atoms with Crippen molar-refractivity contribution in [3.63, 3.8) is 0 Å². The molecule has 1 saturated carbocycles. The number of hydrogen-bond acceptors (Lipinski definition) is 5. The third kappa shape index (κ3) is 4.14. The monoisotopic (exact) mass is 390 g/mol. The quantitative estimate of drug-likeness (QED) is 0.724. The van der Waals surface area contributed by atoms with Gasteiger partial charge in [-0.2, -0.15) is 0 Å². The van der Waals surface area contributed by atoms with Gasteiger partial charge in [0.05, 0.1) is 18.0 Å². The maximum Gasteiger partial charge on any atom is 0.573 e. The molecule has 1 aliphatic carbocycles. The lowest BCUT2D eigenvalue weighted by Crippen LogP contribution is -2.17. The van der Waals surface area contributed by atoms with E-state index in [4.69, 9.17) is 0 Å². The van der Waals surface area contributed by atoms with E-state index in [2.05, 4.69) is 19.8 Å². The normalized spacial score (nSPS) is 17.7. The van der Waals surface area contributed by atoms with Crippen LogP contribution in [0.25, 0.3) is 16.9 Å². The van der Waals surface area contributed by atoms with Gasteiger partial charge in [0, 0.05) is 11.3 Å². The number of aliphatic hydroxyl groups excluding tert-OH is 1. The molecule has 2 heterocycles. The van der Waals surface area contributed by atoms with Crippen LogP contribution in [0.1, 0.15) is 25.7 Å². The lowest BCUT2D eigenvalue weighted by atomic mass is 9.96. The van der Waals surface area contributed by atoms with Crippen molar-refractivity contribution in [2.24, 2.45) is 4.99 Å². The molecule has 2 aromatic heterocycles. The van der Waals surface area contributed by atoms with Gasteiger partial charge in [0.25, 0.3) is 0 Å². The van der Waals surface area contributed by atoms with Gasteiger partial charge < -0.3 is 9.84 Å². The Bertz CT molecular complexity index is 1020. The van der Waals surface area contributed by atoms with E-state index in [0.717, 1.165) is 5.71 Å². The van der Waals surface area contributed by atoms with Crippen molar-refractivity contribution in [2.45, 2.75) is 38.1 Å². The molecule has 3 aromatic rings. The minimum Gasteiger partial charge on any atom is -0.406 e. The molecule has 28 heavy (non-hydrogen) atoms. The predicted octanol–water partition coefficient (Wildman–Crippen LogP) is 4.30. The van der Waals surface area contributed by atoms with Crippen molar-refractivity contribution >= 4 is 17.2 Å². The van der Waals surface area contributed by atoms with Gasteiger partial charge in [-0.3, -0.25) is 0 Å². The Morgan fingerprint density at radius 1 is 1.14 bits per heavy atom. The fourth-order valence-electron chi connectivity index (χ4n) is 3.18. The first-order valence-corrected chi connectivity index (χ1v) is 8.83. The van der Waals surface area contributed by atoms with E-state index in [-0.39, 0.29) is 11.9 Å². The number of fused-ring (bicyclic) bond motifs is 1. The number of aliphatic imine (C=N–C) groups is 1. The van der Waals surface area contributed by atoms with E-state index in [1.807, 2.05) is 0 Å². The summed E-state index contributed by atoms with van der Waals surface area (Å²) in [4.78, 5) is 8.81. The van der Waals surface area contributed by atoms with Crippen LogP contribution in [0.5, 0.6) is 5.75 Å². The second-order valence-corrected chi connectivity index (χ2v) is 6.59. The van der Waals surface area contributed by atoms with Gasteiger partial charge in [0.1, 0.15) is 5.75 Å². The van der Waals surface area contributed by atoms with Gasteiger partial charge in [0.2, 0.25) is 0 Å². The second kappa shape index (κ2) is 7.23. The zero-order chi connectivity index (χ0) is 19.7. The summed E-state index contributed by atoms with van der Waals surface area (Å²) in [6.07, 6.45) is -0.688. The first-order chi connectivity index (χ1) is 13.4. The highest BCUT2D eigenvalue weighted by atomic mass is 19.4. The van der Waals surface area contributed by atoms with Crippen molar-refractivity contribution in [1.82, 2.24) is 14.6 Å². The number of nitrogens with zero attached hydrogens (tertiary/aromatic N) is 4. The number of alkyl halides is 3. The first kappa shape index (κ1) is 18.4. The Morgan fingerprint density at radius 3 is 2.68 bits per heavy atom. The number of aliphatic hydroxyl groups is 1. The van der Waals surface area contributed by atoms with Gasteiger partial charge in [-0.1, -0.05) is 12.1 Å². The van der Waals surface area contributed by atoms with Crippen LogP contribution in [-0.2, 0) is 0 Å². The molecular formula is C19H17F3N4O2. The topological polar surface area (TPSA) is 72.0 Å². The second-order valence-electron chi connectivity index (χ2n) is 6.59. The molecule has 0 bridgehead atoms. The van der Waals surface area contributed by atoms with Gasteiger partial charge in [-0.25, -0.2) is 14.5 Å². The zero-order valence-corrected chi connectivity index (χ0v) is 14.7. The number of ether oxygens (including phenoxy) is 1. The highest BCUT2D eigenvalue weighted by Crippen LogP contribution is 2.29. The van der Waals surface area contributed by atoms with Crippen LogP contribution in [0.2, 0.25) is 0 Å². The van der Waals surface area contributed by atoms with E-state index >= 15 is 0 Å². The molecule has 0 aliphatic heterocycles. The van der Waals surface area contributed by atoms with Gasteiger partial charge >= 0.3 is 6.36 Å². The summed E-state index contributed by atoms with van der Waals surface area (Å²) in [6.45, 7) is 0. The van der Waals surface area contributed by atoms with Crippen LogP contribution >= 0.6 is 0 Å². The van der Waals surface area contributed by atoms with Crippen LogP contribution in [0.15, 0.2) is 47.6 Å². The minimum atomic E-state index is -4.76. The molecule has 6 nitrogen and oxygen atoms in total. The molecule has 4 rings (SSSR count). The molecule has 146 valence electrons. The summed E-state index contributed by atoms with van der Waals surface area (Å²) in [5.41, 5.74) is 2.55. The summed E-state index contributed by atoms with van der Waals surface area (Å²) < 4.78 is 43.0. The van der Waals surface area contributed by atoms with Crippen LogP contribution in [-0.4, -0.2) is 37.9 Å². The molecule has 0 radical (unpaired) electrons. The highest BCUT2D eigenvalue weighted by molar-refractivity contribution is 5.87. The molecule has 0 atom stereocenters. The van der Waals surface area contributed by atoms with Crippen molar-refractivity contribution in [3.8, 4) is 17.0 Å². The number of halogens is 3. The van der Waals surface area contributed by atoms with E-state index in [0.29, 0.717) is 48.4 Å². The molecule has 1 aliphatic rings. The fraction of sp³-hybridized carbons (Fsp3) is 0.316. The van der Waals surface area contributed by atoms with E-state index in [9.17, 15) is 18.3 Å². The Kier molecular flexibility index (Phi) is 4.76. The lowest BCUT2D eigenvalue weighted by molar-refractivity contribution is -0.274. The number of rotatable bonds is 3. The number of benzene rings is 1. The number of imidazole rings is 1. The van der Waals surface area contributed by atoms with Crippen molar-refractivity contribution < 1.29 is 23.0 Å². The molecule has 1 fully saturated rings. The first-order valence-electron chi connectivity index (χ1n) is 8.83. The van der Waals surface area contributed by atoms with E-state index in [1.54, 1.807) is 28.9 Å². The summed E-state index contributed by atoms with van der Waals surface area (Å²) in [5, 5.41) is 14.1. The molecular weight excluding hydrogens is 373 g/mol. The Morgan fingerprint density at radius 2 is 1.93 bits per heavy atom. The molecule has 1 aromatic carbocycles. The van der Waals surface area contributed by atoms with Gasteiger partial charge in [-0.05, 0) is 49.9 Å². The average Bonchev–Trinajstić information content (AvgIpc) is 3.06. The van der Waals surface area contributed by atoms with E-state index in [1.165, 1.54) is 18.2 Å². The third-order valence-electron chi connectivity index (χ3n) is 4.52. The molecule has 0 amide bonds. The predicted molar refractivity (Wildman–Crippen MR) is 96.7 cm³/mol. The molecule has 9 heteroatoms. The molecule has 0 saturated heterocycles. The maximum atomic E-state index is 12.5. The van der Waals surface area contributed by atoms with Crippen molar-refractivity contribution in [3.05, 3.63) is 42.6 Å². The Labute approximate surface area is 158 Å². The third-order valence-corrected chi connectivity index (χ3v) is 4.52. The summed E-state index contributed by atoms with van der Waals surface area (Å²) >= 11 is 0. The largest absolute Gasteiger partial charge is 0.573 e. The molecule has 0 unspecified atom stereocenters. The molecule has 0 spiro atoms. The summed E-state index contributed by atoms with van der Waals surface area (Å²) in [7, 11) is 0. The van der Waals surface area contributed by atoms with Crippen molar-refractivity contribution in [1.29, 1.82) is 0 Å². The smallest absolute Gasteiger partial charge is 0.406 e. The standard InChI is InChI=1S/C19H17F3N4O2/c20-19(21,22)28-15-3-1-2-12(10-15)16-11-23-18-9-8-17(25-26(16)18)24-13-4-6-14(27)7-5-13/h1-3,8-11,14,27H,4-7H2. The highest BCUT2D eigenvalue weighted by Gasteiger charge is 2.31.